The Morgan fingerprint density at radius 3 is 2.61 bits per heavy atom. The molecule has 1 aromatic rings. The first-order valence-corrected chi connectivity index (χ1v) is 9.01. The first-order valence-electron chi connectivity index (χ1n) is 8.60. The molecule has 128 valence electrons. The Morgan fingerprint density at radius 2 is 2.00 bits per heavy atom. The third-order valence-electron chi connectivity index (χ3n) is 4.71. The lowest BCUT2D eigenvalue weighted by atomic mass is 10.0. The topological polar surface area (TPSA) is 19.7 Å². The van der Waals surface area contributed by atoms with Gasteiger partial charge in [0, 0.05) is 25.9 Å². The fraction of sp³-hybridized carbons (Fsp3) is 0.611. The minimum atomic E-state index is -0.261. The molecule has 1 aliphatic heterocycles. The van der Waals surface area contributed by atoms with Gasteiger partial charge >= 0.3 is 0 Å². The van der Waals surface area contributed by atoms with Crippen LogP contribution in [0.15, 0.2) is 24.3 Å². The number of halogens is 1. The van der Waals surface area contributed by atoms with Crippen molar-refractivity contribution >= 4 is 23.0 Å². The van der Waals surface area contributed by atoms with E-state index in [-0.39, 0.29) is 5.82 Å². The highest BCUT2D eigenvalue weighted by molar-refractivity contribution is 7.80. The predicted molar refractivity (Wildman–Crippen MR) is 98.4 cm³/mol. The third-order valence-corrected chi connectivity index (χ3v) is 5.07. The van der Waals surface area contributed by atoms with Crippen LogP contribution in [0, 0.1) is 11.7 Å². The standard InChI is InChI=1S/C18H28FN3S/c1-14(2)8-11-21(3)15-9-12-22(13-10-15)18(23)20-17-7-5-4-6-16(17)19/h4-7,14-15H,8-13H2,1-3H3,(H,20,23)/p+1. The molecular formula is C18H29FN3S+. The average Bonchev–Trinajstić information content (AvgIpc) is 2.54. The van der Waals surface area contributed by atoms with Crippen molar-refractivity contribution in [2.45, 2.75) is 39.2 Å². The number of nitrogens with one attached hydrogen (secondary N) is 2. The van der Waals surface area contributed by atoms with Crippen molar-refractivity contribution in [3.63, 3.8) is 0 Å². The minimum Gasteiger partial charge on any atom is -0.349 e. The van der Waals surface area contributed by atoms with Crippen LogP contribution in [0.3, 0.4) is 0 Å². The van der Waals surface area contributed by atoms with E-state index in [1.807, 2.05) is 6.07 Å². The summed E-state index contributed by atoms with van der Waals surface area (Å²) in [5, 5.41) is 3.67. The monoisotopic (exact) mass is 338 g/mol. The molecule has 0 radical (unpaired) electrons. The quantitative estimate of drug-likeness (QED) is 0.805. The van der Waals surface area contributed by atoms with E-state index in [1.165, 1.54) is 19.0 Å². The summed E-state index contributed by atoms with van der Waals surface area (Å²) in [6.07, 6.45) is 3.56. The van der Waals surface area contributed by atoms with Gasteiger partial charge in [-0.2, -0.15) is 0 Å². The lowest BCUT2D eigenvalue weighted by molar-refractivity contribution is -0.907. The van der Waals surface area contributed by atoms with Crippen molar-refractivity contribution in [3.8, 4) is 0 Å². The molecule has 1 aliphatic rings. The van der Waals surface area contributed by atoms with Crippen LogP contribution >= 0.6 is 12.2 Å². The van der Waals surface area contributed by atoms with Crippen molar-refractivity contribution in [2.75, 3.05) is 32.0 Å². The fourth-order valence-corrected chi connectivity index (χ4v) is 3.35. The average molecular weight is 339 g/mol. The predicted octanol–water partition coefficient (Wildman–Crippen LogP) is 2.55. The Balaban J connectivity index is 1.80. The van der Waals surface area contributed by atoms with E-state index in [4.69, 9.17) is 12.2 Å². The van der Waals surface area contributed by atoms with Gasteiger partial charge < -0.3 is 15.1 Å². The van der Waals surface area contributed by atoms with E-state index < -0.39 is 0 Å². The number of likely N-dealkylation sites (tertiary alicyclic amines) is 1. The molecule has 5 heteroatoms. The van der Waals surface area contributed by atoms with Gasteiger partial charge in [0.1, 0.15) is 5.82 Å². The Labute approximate surface area is 144 Å². The highest BCUT2D eigenvalue weighted by atomic mass is 32.1. The molecule has 1 unspecified atom stereocenters. The number of piperidine rings is 1. The maximum absolute atomic E-state index is 13.7. The van der Waals surface area contributed by atoms with Crippen LogP contribution in [0.5, 0.6) is 0 Å². The van der Waals surface area contributed by atoms with Crippen LogP contribution in [-0.4, -0.2) is 42.7 Å². The zero-order valence-electron chi connectivity index (χ0n) is 14.4. The van der Waals surface area contributed by atoms with Crippen molar-refractivity contribution < 1.29 is 9.29 Å². The number of rotatable bonds is 5. The molecular weight excluding hydrogens is 309 g/mol. The maximum Gasteiger partial charge on any atom is 0.173 e. The molecule has 0 spiro atoms. The SMILES string of the molecule is CC(C)CC[NH+](C)C1CCN(C(=S)Nc2ccccc2F)CC1. The number of para-hydroxylation sites is 1. The number of hydrogen-bond acceptors (Lipinski definition) is 1. The van der Waals surface area contributed by atoms with Gasteiger partial charge in [-0.3, -0.25) is 0 Å². The van der Waals surface area contributed by atoms with Gasteiger partial charge in [-0.05, 0) is 36.7 Å². The Hall–Kier alpha value is -1.20. The molecule has 0 saturated carbocycles. The van der Waals surface area contributed by atoms with Crippen molar-refractivity contribution in [1.82, 2.24) is 4.90 Å². The molecule has 2 rings (SSSR count). The van der Waals surface area contributed by atoms with Crippen LogP contribution in [0.4, 0.5) is 10.1 Å². The second kappa shape index (κ2) is 8.60. The number of thiocarbonyl (C=S) groups is 1. The zero-order valence-corrected chi connectivity index (χ0v) is 15.3. The van der Waals surface area contributed by atoms with Crippen LogP contribution in [0.25, 0.3) is 0 Å². The molecule has 1 heterocycles. The van der Waals surface area contributed by atoms with Crippen LogP contribution in [0.2, 0.25) is 0 Å². The summed E-state index contributed by atoms with van der Waals surface area (Å²) in [5.74, 6) is 0.505. The van der Waals surface area contributed by atoms with Gasteiger partial charge in [0.25, 0.3) is 0 Å². The molecule has 1 fully saturated rings. The number of quaternary nitrogens is 1. The molecule has 0 aromatic heterocycles. The van der Waals surface area contributed by atoms with E-state index in [1.54, 1.807) is 17.0 Å². The molecule has 2 N–H and O–H groups in total. The van der Waals surface area contributed by atoms with Gasteiger partial charge in [0.05, 0.1) is 25.3 Å². The molecule has 3 nitrogen and oxygen atoms in total. The highest BCUT2D eigenvalue weighted by Crippen LogP contribution is 2.15. The number of benzene rings is 1. The number of nitrogens with zero attached hydrogens (tertiary/aromatic N) is 1. The largest absolute Gasteiger partial charge is 0.349 e. The van der Waals surface area contributed by atoms with Crippen molar-refractivity contribution in [2.24, 2.45) is 5.92 Å². The summed E-state index contributed by atoms with van der Waals surface area (Å²) < 4.78 is 13.7. The number of hydrogen-bond donors (Lipinski definition) is 2. The fourth-order valence-electron chi connectivity index (χ4n) is 3.05. The lowest BCUT2D eigenvalue weighted by Crippen LogP contribution is -3.13. The van der Waals surface area contributed by atoms with Crippen LogP contribution in [0.1, 0.15) is 33.1 Å². The lowest BCUT2D eigenvalue weighted by Gasteiger charge is -2.36. The Bertz CT molecular complexity index is 513. The van der Waals surface area contributed by atoms with Gasteiger partial charge in [-0.25, -0.2) is 4.39 Å². The molecule has 0 aliphatic carbocycles. The van der Waals surface area contributed by atoms with E-state index in [0.717, 1.165) is 31.8 Å². The second-order valence-electron chi connectivity index (χ2n) is 6.95. The minimum absolute atomic E-state index is 0.261. The third kappa shape index (κ3) is 5.43. The Kier molecular flexibility index (Phi) is 6.78. The smallest absolute Gasteiger partial charge is 0.173 e. The van der Waals surface area contributed by atoms with E-state index in [0.29, 0.717) is 16.8 Å². The second-order valence-corrected chi connectivity index (χ2v) is 7.34. The van der Waals surface area contributed by atoms with E-state index in [9.17, 15) is 4.39 Å². The van der Waals surface area contributed by atoms with Crippen LogP contribution in [-0.2, 0) is 0 Å². The molecule has 23 heavy (non-hydrogen) atoms. The summed E-state index contributed by atoms with van der Waals surface area (Å²) in [4.78, 5) is 3.79. The van der Waals surface area contributed by atoms with Crippen molar-refractivity contribution in [3.05, 3.63) is 30.1 Å². The van der Waals surface area contributed by atoms with Crippen LogP contribution < -0.4 is 10.2 Å². The summed E-state index contributed by atoms with van der Waals surface area (Å²) in [6, 6.07) is 7.38. The summed E-state index contributed by atoms with van der Waals surface area (Å²) in [5.41, 5.74) is 0.458. The summed E-state index contributed by atoms with van der Waals surface area (Å²) in [7, 11) is 2.30. The maximum atomic E-state index is 13.7. The molecule has 0 bridgehead atoms. The van der Waals surface area contributed by atoms with E-state index >= 15 is 0 Å². The van der Waals surface area contributed by atoms with Gasteiger partial charge in [-0.15, -0.1) is 0 Å². The van der Waals surface area contributed by atoms with Gasteiger partial charge in [0.2, 0.25) is 0 Å². The van der Waals surface area contributed by atoms with Gasteiger partial charge in [0.15, 0.2) is 5.11 Å². The zero-order chi connectivity index (χ0) is 16.8. The molecule has 0 amide bonds. The number of anilines is 1. The molecule has 1 saturated heterocycles. The highest BCUT2D eigenvalue weighted by Gasteiger charge is 2.26. The van der Waals surface area contributed by atoms with Gasteiger partial charge in [-0.1, -0.05) is 26.0 Å². The molecule has 1 aromatic carbocycles. The van der Waals surface area contributed by atoms with E-state index in [2.05, 4.69) is 31.1 Å². The normalized spacial score (nSPS) is 17.3. The molecule has 1 atom stereocenters. The van der Waals surface area contributed by atoms with Crippen molar-refractivity contribution in [1.29, 1.82) is 0 Å². The summed E-state index contributed by atoms with van der Waals surface area (Å²) >= 11 is 5.45. The Morgan fingerprint density at radius 1 is 1.35 bits per heavy atom. The summed E-state index contributed by atoms with van der Waals surface area (Å²) in [6.45, 7) is 7.69. The first kappa shape index (κ1) is 18.1. The first-order chi connectivity index (χ1) is 11.0.